The average molecular weight is 855 g/mol. The molecule has 6 nitrogen and oxygen atoms in total. The summed E-state index contributed by atoms with van der Waals surface area (Å²) in [6.07, 6.45) is 0. The van der Waals surface area contributed by atoms with E-state index in [1.54, 1.807) is 0 Å². The van der Waals surface area contributed by atoms with Crippen LogP contribution in [-0.2, 0) is 0 Å². The van der Waals surface area contributed by atoms with Gasteiger partial charge in [-0.2, -0.15) is 9.97 Å². The number of anilines is 3. The summed E-state index contributed by atoms with van der Waals surface area (Å²) >= 11 is 0. The number of nitrogens with zero attached hydrogens (tertiary/aromatic N) is 6. The van der Waals surface area contributed by atoms with Gasteiger partial charge in [0.25, 0.3) is 0 Å². The fraction of sp³-hybridized carbons (Fsp3) is 0.117. The topological polar surface area (TPSA) is 67.7 Å². The molecule has 0 saturated heterocycles. The molecule has 0 N–H and O–H groups in total. The van der Waals surface area contributed by atoms with Crippen molar-refractivity contribution < 1.29 is 0 Å². The Morgan fingerprint density at radius 2 is 0.833 bits per heavy atom. The van der Waals surface area contributed by atoms with Crippen LogP contribution in [0.2, 0.25) is 0 Å². The fourth-order valence-corrected chi connectivity index (χ4v) is 9.60. The van der Waals surface area contributed by atoms with Gasteiger partial charge in [0.2, 0.25) is 5.95 Å². The highest BCUT2D eigenvalue weighted by molar-refractivity contribution is 5.87. The van der Waals surface area contributed by atoms with Crippen LogP contribution in [-0.4, -0.2) is 24.9 Å². The number of fused-ring (bicyclic) bond motifs is 1. The molecule has 0 saturated carbocycles. The van der Waals surface area contributed by atoms with Gasteiger partial charge in [0.1, 0.15) is 5.82 Å². The minimum absolute atomic E-state index is 0.00322. The number of aromatic nitrogens is 5. The summed E-state index contributed by atoms with van der Waals surface area (Å²) in [5, 5.41) is 2.25. The SMILES string of the molecule is Cc1cc(C)c(C(c2ccc(N(c3cc(-c4ccccc4)nc(-c4ccccc4)n3)c3nc(-c4ccccc4)nc(-c4ccc5ccccc5c4)n3)cc2)c2c(C)cc(C)cc2C)c(C)c1. The molecule has 10 rings (SSSR count). The predicted molar refractivity (Wildman–Crippen MR) is 272 cm³/mol. The van der Waals surface area contributed by atoms with E-state index in [-0.39, 0.29) is 5.92 Å². The molecule has 0 unspecified atom stereocenters. The van der Waals surface area contributed by atoms with Crippen LogP contribution in [0, 0.1) is 41.5 Å². The summed E-state index contributed by atoms with van der Waals surface area (Å²) in [7, 11) is 0. The monoisotopic (exact) mass is 854 g/mol. The minimum atomic E-state index is 0.00322. The third-order valence-electron chi connectivity index (χ3n) is 12.4. The van der Waals surface area contributed by atoms with Gasteiger partial charge in [0.05, 0.1) is 11.4 Å². The third-order valence-corrected chi connectivity index (χ3v) is 12.4. The molecule has 320 valence electrons. The van der Waals surface area contributed by atoms with Crippen molar-refractivity contribution in [1.29, 1.82) is 0 Å². The van der Waals surface area contributed by atoms with E-state index in [0.717, 1.165) is 44.4 Å². The highest BCUT2D eigenvalue weighted by Gasteiger charge is 2.27. The van der Waals surface area contributed by atoms with Gasteiger partial charge in [-0.25, -0.2) is 15.0 Å². The lowest BCUT2D eigenvalue weighted by Crippen LogP contribution is -2.18. The van der Waals surface area contributed by atoms with Crippen molar-refractivity contribution in [1.82, 2.24) is 24.9 Å². The van der Waals surface area contributed by atoms with Gasteiger partial charge in [-0.3, -0.25) is 4.90 Å². The number of rotatable bonds is 10. The molecule has 0 atom stereocenters. The van der Waals surface area contributed by atoms with Crippen LogP contribution in [0.5, 0.6) is 0 Å². The molecule has 10 aromatic rings. The third kappa shape index (κ3) is 8.37. The Balaban J connectivity index is 1.22. The number of aryl methyl sites for hydroxylation is 6. The molecule has 0 bridgehead atoms. The molecule has 6 heteroatoms. The van der Waals surface area contributed by atoms with E-state index in [0.29, 0.717) is 29.2 Å². The molecule has 0 amide bonds. The minimum Gasteiger partial charge on any atom is -0.263 e. The van der Waals surface area contributed by atoms with E-state index in [9.17, 15) is 0 Å². The number of hydrogen-bond donors (Lipinski definition) is 0. The first-order valence-corrected chi connectivity index (χ1v) is 22.5. The van der Waals surface area contributed by atoms with Crippen molar-refractivity contribution >= 4 is 28.2 Å². The van der Waals surface area contributed by atoms with Gasteiger partial charge in [-0.1, -0.05) is 175 Å². The van der Waals surface area contributed by atoms with Gasteiger partial charge >= 0.3 is 0 Å². The molecule has 0 spiro atoms. The van der Waals surface area contributed by atoms with Crippen LogP contribution in [0.25, 0.3) is 56.2 Å². The van der Waals surface area contributed by atoms with Gasteiger partial charge < -0.3 is 0 Å². The van der Waals surface area contributed by atoms with Crippen molar-refractivity contribution in [3.8, 4) is 45.4 Å². The van der Waals surface area contributed by atoms with E-state index >= 15 is 0 Å². The quantitative estimate of drug-likeness (QED) is 0.128. The van der Waals surface area contributed by atoms with Gasteiger partial charge in [-0.05, 0) is 109 Å². The Morgan fingerprint density at radius 1 is 0.364 bits per heavy atom. The van der Waals surface area contributed by atoms with Gasteiger partial charge in [0.15, 0.2) is 17.5 Å². The summed E-state index contributed by atoms with van der Waals surface area (Å²) in [4.78, 5) is 28.4. The van der Waals surface area contributed by atoms with Crippen LogP contribution >= 0.6 is 0 Å². The molecular weight excluding hydrogens is 805 g/mol. The maximum Gasteiger partial charge on any atom is 0.239 e. The summed E-state index contributed by atoms with van der Waals surface area (Å²) in [5.41, 5.74) is 16.8. The number of hydrogen-bond acceptors (Lipinski definition) is 6. The Bertz CT molecular complexity index is 3210. The highest BCUT2D eigenvalue weighted by Crippen LogP contribution is 2.42. The Morgan fingerprint density at radius 3 is 1.38 bits per heavy atom. The lowest BCUT2D eigenvalue weighted by Gasteiger charge is -2.28. The van der Waals surface area contributed by atoms with Crippen molar-refractivity contribution in [3.05, 3.63) is 238 Å². The Hall–Kier alpha value is -8.09. The maximum absolute atomic E-state index is 5.36. The standard InChI is InChI=1S/C60H50N6/c1-38-32-40(3)54(41(4)33-38)56(55-42(5)34-39(2)35-43(55)6)46-28-30-51(31-29-46)66(53-37-52(45-19-10-7-11-20-45)61-57(62-53)47-21-12-8-13-22-47)60-64-58(48-23-14-9-15-24-48)63-59(65-60)50-27-26-44-18-16-17-25-49(44)36-50/h7-37,56H,1-6H3. The van der Waals surface area contributed by atoms with Crippen molar-refractivity contribution in [2.45, 2.75) is 47.5 Å². The largest absolute Gasteiger partial charge is 0.263 e. The molecule has 66 heavy (non-hydrogen) atoms. The zero-order valence-corrected chi connectivity index (χ0v) is 38.2. The average Bonchev–Trinajstić information content (AvgIpc) is 3.34. The van der Waals surface area contributed by atoms with E-state index < -0.39 is 0 Å². The predicted octanol–water partition coefficient (Wildman–Crippen LogP) is 15.0. The second-order valence-electron chi connectivity index (χ2n) is 17.4. The number of benzene rings is 8. The second kappa shape index (κ2) is 17.8. The molecule has 8 aromatic carbocycles. The zero-order valence-electron chi connectivity index (χ0n) is 38.2. The summed E-state index contributed by atoms with van der Waals surface area (Å²) < 4.78 is 0. The van der Waals surface area contributed by atoms with E-state index in [1.165, 1.54) is 50.1 Å². The fourth-order valence-electron chi connectivity index (χ4n) is 9.60. The molecule has 0 fully saturated rings. The first-order valence-electron chi connectivity index (χ1n) is 22.5. The van der Waals surface area contributed by atoms with Crippen molar-refractivity contribution in [2.24, 2.45) is 0 Å². The summed E-state index contributed by atoms with van der Waals surface area (Å²) in [5.74, 6) is 2.77. The molecule has 0 radical (unpaired) electrons. The van der Waals surface area contributed by atoms with Crippen LogP contribution in [0.3, 0.4) is 0 Å². The first-order chi connectivity index (χ1) is 32.2. The van der Waals surface area contributed by atoms with Gasteiger partial charge in [-0.15, -0.1) is 0 Å². The van der Waals surface area contributed by atoms with Crippen LogP contribution in [0.4, 0.5) is 17.5 Å². The summed E-state index contributed by atoms with van der Waals surface area (Å²) in [6, 6.07) is 65.4. The first kappa shape index (κ1) is 41.9. The van der Waals surface area contributed by atoms with Gasteiger partial charge in [0, 0.05) is 34.2 Å². The van der Waals surface area contributed by atoms with Crippen LogP contribution < -0.4 is 4.90 Å². The molecular formula is C60H50N6. The van der Waals surface area contributed by atoms with Crippen molar-refractivity contribution in [2.75, 3.05) is 4.90 Å². The smallest absolute Gasteiger partial charge is 0.239 e. The van der Waals surface area contributed by atoms with Crippen molar-refractivity contribution in [3.63, 3.8) is 0 Å². The summed E-state index contributed by atoms with van der Waals surface area (Å²) in [6.45, 7) is 13.4. The maximum atomic E-state index is 5.36. The van der Waals surface area contributed by atoms with Crippen LogP contribution in [0.15, 0.2) is 188 Å². The molecule has 0 aliphatic heterocycles. The Kier molecular flexibility index (Phi) is 11.3. The highest BCUT2D eigenvalue weighted by atomic mass is 15.3. The zero-order chi connectivity index (χ0) is 45.3. The normalized spacial score (nSPS) is 11.3. The lowest BCUT2D eigenvalue weighted by atomic mass is 9.77. The van der Waals surface area contributed by atoms with Crippen LogP contribution in [0.1, 0.15) is 56.0 Å². The molecule has 2 heterocycles. The molecule has 0 aliphatic carbocycles. The van der Waals surface area contributed by atoms with E-state index in [4.69, 9.17) is 24.9 Å². The molecule has 2 aromatic heterocycles. The lowest BCUT2D eigenvalue weighted by molar-refractivity contribution is 0.918. The Labute approximate surface area is 387 Å². The molecule has 0 aliphatic rings. The van der Waals surface area contributed by atoms with E-state index in [2.05, 4.69) is 150 Å². The van der Waals surface area contributed by atoms with E-state index in [1.807, 2.05) is 84.9 Å². The second-order valence-corrected chi connectivity index (χ2v) is 17.4.